The molecule has 0 unspecified atom stereocenters. The maximum atomic E-state index is 13.1. The minimum atomic E-state index is 0.133. The lowest BCUT2D eigenvalue weighted by Gasteiger charge is -2.15. The molecule has 1 aromatic carbocycles. The van der Waals surface area contributed by atoms with E-state index in [2.05, 4.69) is 25.9 Å². The van der Waals surface area contributed by atoms with Gasteiger partial charge in [0, 0.05) is 13.0 Å². The molecule has 2 aromatic rings. The van der Waals surface area contributed by atoms with E-state index in [1.165, 1.54) is 70.6 Å². The van der Waals surface area contributed by atoms with Crippen molar-refractivity contribution in [1.29, 1.82) is 0 Å². The third kappa shape index (κ3) is 9.55. The maximum Gasteiger partial charge on any atom is 0.261 e. The fourth-order valence-corrected chi connectivity index (χ4v) is 4.30. The minimum absolute atomic E-state index is 0.133. The maximum absolute atomic E-state index is 13.1. The molecule has 31 heavy (non-hydrogen) atoms. The topological polar surface area (TPSA) is 38.1 Å². The number of unbranched alkanes of at least 4 members (excludes halogenated alkanes) is 11. The first kappa shape index (κ1) is 25.6. The fourth-order valence-electron chi connectivity index (χ4n) is 4.30. The van der Waals surface area contributed by atoms with E-state index in [1.807, 2.05) is 28.8 Å². The molecule has 0 N–H and O–H groups in total. The van der Waals surface area contributed by atoms with Crippen molar-refractivity contribution in [1.82, 2.24) is 14.5 Å². The first-order valence-corrected chi connectivity index (χ1v) is 12.8. The van der Waals surface area contributed by atoms with Gasteiger partial charge in [-0.2, -0.15) is 0 Å². The Morgan fingerprint density at radius 1 is 0.806 bits per heavy atom. The van der Waals surface area contributed by atoms with Crippen molar-refractivity contribution in [3.63, 3.8) is 0 Å². The van der Waals surface area contributed by atoms with Gasteiger partial charge in [-0.3, -0.25) is 9.36 Å². The lowest BCUT2D eigenvalue weighted by molar-refractivity contribution is 0.395. The Kier molecular flexibility index (Phi) is 12.5. The molecule has 0 amide bonds. The van der Waals surface area contributed by atoms with Crippen LogP contribution in [-0.2, 0) is 13.0 Å². The van der Waals surface area contributed by atoms with Crippen molar-refractivity contribution < 1.29 is 0 Å². The van der Waals surface area contributed by atoms with E-state index in [1.54, 1.807) is 0 Å². The molecular weight excluding hydrogens is 382 g/mol. The average molecular weight is 428 g/mol. The van der Waals surface area contributed by atoms with Gasteiger partial charge < -0.3 is 4.90 Å². The summed E-state index contributed by atoms with van der Waals surface area (Å²) in [6.07, 6.45) is 17.9. The third-order valence-electron chi connectivity index (χ3n) is 6.18. The van der Waals surface area contributed by atoms with Gasteiger partial charge in [0.2, 0.25) is 0 Å². The van der Waals surface area contributed by atoms with Crippen molar-refractivity contribution in [2.75, 3.05) is 20.6 Å². The minimum Gasteiger partial charge on any atom is -0.309 e. The first-order valence-electron chi connectivity index (χ1n) is 12.8. The lowest BCUT2D eigenvalue weighted by Crippen LogP contribution is -2.26. The first-order chi connectivity index (χ1) is 15.1. The highest BCUT2D eigenvalue weighted by Crippen LogP contribution is 2.14. The summed E-state index contributed by atoms with van der Waals surface area (Å²) in [4.78, 5) is 20.1. The molecule has 1 aromatic heterocycles. The van der Waals surface area contributed by atoms with Crippen LogP contribution in [0.25, 0.3) is 10.9 Å². The summed E-state index contributed by atoms with van der Waals surface area (Å²) in [5.41, 5.74) is 0.965. The number of hydrogen-bond acceptors (Lipinski definition) is 3. The lowest BCUT2D eigenvalue weighted by atomic mass is 10.1. The molecule has 0 bridgehead atoms. The Morgan fingerprint density at radius 3 is 2.00 bits per heavy atom. The van der Waals surface area contributed by atoms with Crippen LogP contribution in [0.5, 0.6) is 0 Å². The zero-order chi connectivity index (χ0) is 22.3. The van der Waals surface area contributed by atoms with E-state index >= 15 is 0 Å². The molecule has 0 atom stereocenters. The SMILES string of the molecule is CCCCCCCCCCCCCCn1c(CCCN(C)C)nc2ccccc2c1=O. The van der Waals surface area contributed by atoms with Crippen LogP contribution in [0.2, 0.25) is 0 Å². The Bertz CT molecular complexity index is 797. The van der Waals surface area contributed by atoms with Crippen LogP contribution < -0.4 is 5.56 Å². The summed E-state index contributed by atoms with van der Waals surface area (Å²) < 4.78 is 1.95. The van der Waals surface area contributed by atoms with E-state index in [0.717, 1.165) is 49.1 Å². The Labute approximate surface area is 190 Å². The van der Waals surface area contributed by atoms with Gasteiger partial charge in [-0.15, -0.1) is 0 Å². The normalized spacial score (nSPS) is 11.6. The molecule has 2 rings (SSSR count). The van der Waals surface area contributed by atoms with Gasteiger partial charge in [0.1, 0.15) is 5.82 Å². The predicted molar refractivity (Wildman–Crippen MR) is 134 cm³/mol. The van der Waals surface area contributed by atoms with Crippen molar-refractivity contribution >= 4 is 10.9 Å². The molecule has 0 aliphatic heterocycles. The van der Waals surface area contributed by atoms with Gasteiger partial charge in [0.15, 0.2) is 0 Å². The van der Waals surface area contributed by atoms with E-state index < -0.39 is 0 Å². The highest BCUT2D eigenvalue weighted by Gasteiger charge is 2.10. The van der Waals surface area contributed by atoms with Crippen LogP contribution in [0.15, 0.2) is 29.1 Å². The van der Waals surface area contributed by atoms with Gasteiger partial charge in [-0.1, -0.05) is 89.7 Å². The van der Waals surface area contributed by atoms with E-state index in [-0.39, 0.29) is 5.56 Å². The molecule has 0 fully saturated rings. The van der Waals surface area contributed by atoms with Crippen LogP contribution in [0, 0.1) is 0 Å². The number of rotatable bonds is 17. The molecule has 0 aliphatic carbocycles. The van der Waals surface area contributed by atoms with E-state index in [0.29, 0.717) is 0 Å². The molecule has 0 aliphatic rings. The molecule has 4 heteroatoms. The fraction of sp³-hybridized carbons (Fsp3) is 0.704. The van der Waals surface area contributed by atoms with Crippen LogP contribution >= 0.6 is 0 Å². The van der Waals surface area contributed by atoms with Gasteiger partial charge in [0.25, 0.3) is 5.56 Å². The zero-order valence-electron chi connectivity index (χ0n) is 20.4. The summed E-state index contributed by atoms with van der Waals surface area (Å²) >= 11 is 0. The molecule has 174 valence electrons. The van der Waals surface area contributed by atoms with Gasteiger partial charge in [-0.25, -0.2) is 4.98 Å². The molecule has 4 nitrogen and oxygen atoms in total. The van der Waals surface area contributed by atoms with Crippen molar-refractivity contribution in [3.05, 3.63) is 40.4 Å². The Hall–Kier alpha value is -1.68. The largest absolute Gasteiger partial charge is 0.309 e. The molecule has 0 saturated carbocycles. The summed E-state index contributed by atoms with van der Waals surface area (Å²) in [6.45, 7) is 4.09. The highest BCUT2D eigenvalue weighted by atomic mass is 16.1. The molecule has 0 radical (unpaired) electrons. The van der Waals surface area contributed by atoms with Gasteiger partial charge in [0.05, 0.1) is 10.9 Å². The molecule has 0 spiro atoms. The van der Waals surface area contributed by atoms with Crippen LogP contribution in [-0.4, -0.2) is 35.1 Å². The number of fused-ring (bicyclic) bond motifs is 1. The zero-order valence-corrected chi connectivity index (χ0v) is 20.4. The number of aryl methyl sites for hydroxylation is 1. The second kappa shape index (κ2) is 15.2. The van der Waals surface area contributed by atoms with E-state index in [9.17, 15) is 4.79 Å². The molecular formula is C27H45N3O. The Morgan fingerprint density at radius 2 is 1.39 bits per heavy atom. The smallest absolute Gasteiger partial charge is 0.261 e. The van der Waals surface area contributed by atoms with E-state index in [4.69, 9.17) is 4.98 Å². The number of para-hydroxylation sites is 1. The van der Waals surface area contributed by atoms with Crippen LogP contribution in [0.4, 0.5) is 0 Å². The second-order valence-electron chi connectivity index (χ2n) is 9.30. The summed E-state index contributed by atoms with van der Waals surface area (Å²) in [5.74, 6) is 0.952. The predicted octanol–water partition coefficient (Wildman–Crippen LogP) is 6.59. The van der Waals surface area contributed by atoms with Crippen LogP contribution in [0.3, 0.4) is 0 Å². The quantitative estimate of drug-likeness (QED) is 0.267. The molecule has 0 saturated heterocycles. The van der Waals surface area contributed by atoms with Gasteiger partial charge >= 0.3 is 0 Å². The highest BCUT2D eigenvalue weighted by molar-refractivity contribution is 5.77. The second-order valence-corrected chi connectivity index (χ2v) is 9.30. The van der Waals surface area contributed by atoms with Crippen molar-refractivity contribution in [2.24, 2.45) is 0 Å². The summed E-state index contributed by atoms with van der Waals surface area (Å²) in [6, 6.07) is 7.77. The average Bonchev–Trinajstić information content (AvgIpc) is 2.76. The van der Waals surface area contributed by atoms with Crippen molar-refractivity contribution in [2.45, 2.75) is 103 Å². The van der Waals surface area contributed by atoms with Gasteiger partial charge in [-0.05, 0) is 45.6 Å². The number of nitrogens with zero attached hydrogens (tertiary/aromatic N) is 3. The number of benzene rings is 1. The third-order valence-corrected chi connectivity index (χ3v) is 6.18. The summed E-state index contributed by atoms with van der Waals surface area (Å²) in [5, 5.41) is 0.748. The number of aromatic nitrogens is 2. The molecule has 1 heterocycles. The standard InChI is InChI=1S/C27H45N3O/c1-4-5-6-7-8-9-10-11-12-13-14-17-23-30-26(21-18-22-29(2)3)28-25-20-16-15-19-24(25)27(30)31/h15-16,19-20H,4-14,17-18,21-23H2,1-3H3. The van der Waals surface area contributed by atoms with Crippen molar-refractivity contribution in [3.8, 4) is 0 Å². The monoisotopic (exact) mass is 427 g/mol. The van der Waals surface area contributed by atoms with Crippen LogP contribution in [0.1, 0.15) is 96.2 Å². The Balaban J connectivity index is 1.77. The number of hydrogen-bond donors (Lipinski definition) is 0. The summed E-state index contributed by atoms with van der Waals surface area (Å²) in [7, 11) is 4.18.